The van der Waals surface area contributed by atoms with Crippen molar-refractivity contribution in [3.8, 4) is 0 Å². The van der Waals surface area contributed by atoms with E-state index in [1.807, 2.05) is 18.7 Å². The lowest BCUT2D eigenvalue weighted by atomic mass is 10.0. The lowest BCUT2D eigenvalue weighted by Gasteiger charge is -2.17. The van der Waals surface area contributed by atoms with Crippen LogP contribution in [0.25, 0.3) is 0 Å². The van der Waals surface area contributed by atoms with Crippen molar-refractivity contribution in [2.75, 3.05) is 19.6 Å². The summed E-state index contributed by atoms with van der Waals surface area (Å²) in [6.45, 7) is 5.97. The quantitative estimate of drug-likeness (QED) is 0.587. The summed E-state index contributed by atoms with van der Waals surface area (Å²) < 4.78 is 50.5. The second-order valence-electron chi connectivity index (χ2n) is 4.39. The van der Waals surface area contributed by atoms with Gasteiger partial charge in [-0.15, -0.1) is 0 Å². The first-order chi connectivity index (χ1) is 9.29. The molecule has 2 nitrogen and oxygen atoms in total. The molecule has 0 heterocycles. The van der Waals surface area contributed by atoms with Crippen LogP contribution in [-0.4, -0.2) is 30.3 Å². The minimum atomic E-state index is -4.74. The molecule has 0 spiro atoms. The number of ketones is 1. The Hall–Kier alpha value is -1.43. The standard InChI is InChI=1S/C14H17F4NO/c1-3-19(4-2)8-7-13(20)10-5-6-11(12(15)9-10)14(16,17)18/h5-6,9H,3-4,7-8H2,1-2H3. The van der Waals surface area contributed by atoms with E-state index >= 15 is 0 Å². The van der Waals surface area contributed by atoms with Crippen molar-refractivity contribution < 1.29 is 22.4 Å². The predicted molar refractivity (Wildman–Crippen MR) is 68.1 cm³/mol. The number of Topliss-reactive ketones (excluding diaryl/α,β-unsaturated/α-hetero) is 1. The van der Waals surface area contributed by atoms with Crippen LogP contribution in [0.1, 0.15) is 36.2 Å². The molecule has 112 valence electrons. The molecule has 0 aliphatic rings. The minimum Gasteiger partial charge on any atom is -0.303 e. The van der Waals surface area contributed by atoms with Crippen LogP contribution >= 0.6 is 0 Å². The highest BCUT2D eigenvalue weighted by molar-refractivity contribution is 5.96. The maximum atomic E-state index is 13.4. The van der Waals surface area contributed by atoms with Gasteiger partial charge >= 0.3 is 6.18 Å². The number of hydrogen-bond acceptors (Lipinski definition) is 2. The highest BCUT2D eigenvalue weighted by atomic mass is 19.4. The molecule has 0 aliphatic heterocycles. The van der Waals surface area contributed by atoms with Gasteiger partial charge in [-0.1, -0.05) is 19.9 Å². The van der Waals surface area contributed by atoms with Gasteiger partial charge in [-0.3, -0.25) is 4.79 Å². The molecule has 20 heavy (non-hydrogen) atoms. The Bertz CT molecular complexity index is 467. The van der Waals surface area contributed by atoms with E-state index in [-0.39, 0.29) is 17.8 Å². The number of alkyl halides is 3. The summed E-state index contributed by atoms with van der Waals surface area (Å²) in [5.41, 5.74) is -1.37. The van der Waals surface area contributed by atoms with Crippen molar-refractivity contribution in [1.29, 1.82) is 0 Å². The molecule has 0 fully saturated rings. The first-order valence-corrected chi connectivity index (χ1v) is 6.41. The molecular weight excluding hydrogens is 274 g/mol. The normalized spacial score (nSPS) is 11.9. The molecule has 0 unspecified atom stereocenters. The summed E-state index contributed by atoms with van der Waals surface area (Å²) in [6, 6.07) is 2.30. The van der Waals surface area contributed by atoms with Crippen molar-refractivity contribution in [2.45, 2.75) is 26.4 Å². The van der Waals surface area contributed by atoms with E-state index < -0.39 is 17.6 Å². The van der Waals surface area contributed by atoms with Crippen LogP contribution in [0.4, 0.5) is 17.6 Å². The molecule has 0 atom stereocenters. The topological polar surface area (TPSA) is 20.3 Å². The third-order valence-electron chi connectivity index (χ3n) is 3.15. The second-order valence-corrected chi connectivity index (χ2v) is 4.39. The number of rotatable bonds is 6. The monoisotopic (exact) mass is 291 g/mol. The van der Waals surface area contributed by atoms with E-state index in [2.05, 4.69) is 0 Å². The first-order valence-electron chi connectivity index (χ1n) is 6.41. The van der Waals surface area contributed by atoms with Crippen LogP contribution < -0.4 is 0 Å². The molecule has 0 bridgehead atoms. The largest absolute Gasteiger partial charge is 0.419 e. The highest BCUT2D eigenvalue weighted by Crippen LogP contribution is 2.31. The van der Waals surface area contributed by atoms with Gasteiger partial charge in [-0.05, 0) is 25.2 Å². The fourth-order valence-corrected chi connectivity index (χ4v) is 1.86. The second kappa shape index (κ2) is 6.83. The number of hydrogen-bond donors (Lipinski definition) is 0. The van der Waals surface area contributed by atoms with Crippen molar-refractivity contribution in [1.82, 2.24) is 4.90 Å². The Kier molecular flexibility index (Phi) is 5.68. The molecule has 0 aliphatic carbocycles. The summed E-state index contributed by atoms with van der Waals surface area (Å²) in [6.07, 6.45) is -4.58. The third kappa shape index (κ3) is 4.30. The van der Waals surface area contributed by atoms with Gasteiger partial charge in [0.2, 0.25) is 0 Å². The van der Waals surface area contributed by atoms with Gasteiger partial charge in [0, 0.05) is 18.5 Å². The lowest BCUT2D eigenvalue weighted by Crippen LogP contribution is -2.25. The summed E-state index contributed by atoms with van der Waals surface area (Å²) in [4.78, 5) is 13.8. The minimum absolute atomic E-state index is 0.0253. The van der Waals surface area contributed by atoms with Crippen LogP contribution in [0.3, 0.4) is 0 Å². The van der Waals surface area contributed by atoms with Gasteiger partial charge in [-0.2, -0.15) is 13.2 Å². The molecule has 0 saturated heterocycles. The lowest BCUT2D eigenvalue weighted by molar-refractivity contribution is -0.140. The molecular formula is C14H17F4NO. The maximum absolute atomic E-state index is 13.4. The zero-order valence-corrected chi connectivity index (χ0v) is 11.4. The summed E-state index contributed by atoms with van der Waals surface area (Å²) >= 11 is 0. The van der Waals surface area contributed by atoms with E-state index in [9.17, 15) is 22.4 Å². The first kappa shape index (κ1) is 16.6. The Balaban J connectivity index is 2.78. The zero-order chi connectivity index (χ0) is 15.3. The smallest absolute Gasteiger partial charge is 0.303 e. The third-order valence-corrected chi connectivity index (χ3v) is 3.15. The summed E-state index contributed by atoms with van der Waals surface area (Å²) in [5.74, 6) is -1.77. The Morgan fingerprint density at radius 2 is 1.80 bits per heavy atom. The van der Waals surface area contributed by atoms with Gasteiger partial charge in [-0.25, -0.2) is 4.39 Å². The van der Waals surface area contributed by atoms with Gasteiger partial charge in [0.1, 0.15) is 5.82 Å². The molecule has 1 aromatic rings. The van der Waals surface area contributed by atoms with Crippen LogP contribution in [0.15, 0.2) is 18.2 Å². The SMILES string of the molecule is CCN(CC)CCC(=O)c1ccc(C(F)(F)F)c(F)c1. The molecule has 0 saturated carbocycles. The van der Waals surface area contributed by atoms with Crippen LogP contribution in [0.2, 0.25) is 0 Å². The predicted octanol–water partition coefficient (Wildman–Crippen LogP) is 3.76. The van der Waals surface area contributed by atoms with Gasteiger partial charge in [0.15, 0.2) is 5.78 Å². The van der Waals surface area contributed by atoms with Crippen molar-refractivity contribution in [3.63, 3.8) is 0 Å². The molecule has 0 N–H and O–H groups in total. The maximum Gasteiger partial charge on any atom is 0.419 e. The number of carbonyl (C=O) groups excluding carboxylic acids is 1. The van der Waals surface area contributed by atoms with E-state index in [0.29, 0.717) is 18.7 Å². The average molecular weight is 291 g/mol. The number of benzene rings is 1. The molecule has 1 aromatic carbocycles. The van der Waals surface area contributed by atoms with E-state index in [0.717, 1.165) is 19.2 Å². The van der Waals surface area contributed by atoms with E-state index in [1.165, 1.54) is 0 Å². The Morgan fingerprint density at radius 1 is 1.20 bits per heavy atom. The fraction of sp³-hybridized carbons (Fsp3) is 0.500. The van der Waals surface area contributed by atoms with Gasteiger partial charge < -0.3 is 4.90 Å². The fourth-order valence-electron chi connectivity index (χ4n) is 1.86. The Labute approximate surface area is 115 Å². The summed E-state index contributed by atoms with van der Waals surface area (Å²) in [5, 5.41) is 0. The molecule has 0 radical (unpaired) electrons. The Morgan fingerprint density at radius 3 is 2.25 bits per heavy atom. The van der Waals surface area contributed by atoms with Crippen LogP contribution in [-0.2, 0) is 6.18 Å². The van der Waals surface area contributed by atoms with Crippen molar-refractivity contribution in [3.05, 3.63) is 35.1 Å². The zero-order valence-electron chi connectivity index (χ0n) is 11.4. The van der Waals surface area contributed by atoms with Crippen LogP contribution in [0.5, 0.6) is 0 Å². The van der Waals surface area contributed by atoms with Crippen molar-refractivity contribution in [2.24, 2.45) is 0 Å². The molecule has 6 heteroatoms. The van der Waals surface area contributed by atoms with Crippen molar-refractivity contribution >= 4 is 5.78 Å². The number of halogens is 4. The van der Waals surface area contributed by atoms with Gasteiger partial charge in [0.25, 0.3) is 0 Å². The van der Waals surface area contributed by atoms with E-state index in [1.54, 1.807) is 0 Å². The molecule has 1 rings (SSSR count). The van der Waals surface area contributed by atoms with Gasteiger partial charge in [0.05, 0.1) is 5.56 Å². The average Bonchev–Trinajstić information content (AvgIpc) is 2.38. The number of carbonyl (C=O) groups is 1. The highest BCUT2D eigenvalue weighted by Gasteiger charge is 2.34. The molecule has 0 amide bonds. The molecule has 0 aromatic heterocycles. The summed E-state index contributed by atoms with van der Waals surface area (Å²) in [7, 11) is 0. The number of nitrogens with zero attached hydrogens (tertiary/aromatic N) is 1. The van der Waals surface area contributed by atoms with E-state index in [4.69, 9.17) is 0 Å². The van der Waals surface area contributed by atoms with Crippen LogP contribution in [0, 0.1) is 5.82 Å².